The summed E-state index contributed by atoms with van der Waals surface area (Å²) < 4.78 is 0. The van der Waals surface area contributed by atoms with Crippen molar-refractivity contribution in [2.45, 2.75) is 31.9 Å². The van der Waals surface area contributed by atoms with Gasteiger partial charge in [0.05, 0.1) is 28.8 Å². The molecule has 1 fully saturated rings. The molecule has 0 aromatic carbocycles. The number of anilines is 1. The number of likely N-dealkylation sites (tertiary alicyclic amines) is 1. The molecule has 1 aromatic rings. The van der Waals surface area contributed by atoms with E-state index in [0.29, 0.717) is 0 Å². The van der Waals surface area contributed by atoms with Crippen molar-refractivity contribution in [1.29, 1.82) is 0 Å². The average Bonchev–Trinajstić information content (AvgIpc) is 2.97. The molecule has 4 amide bonds. The fraction of sp³-hybridized carbons (Fsp3) is 0.429. The van der Waals surface area contributed by atoms with Crippen LogP contribution in [0.2, 0.25) is 0 Å². The maximum Gasteiger partial charge on any atom is 0.265 e. The van der Waals surface area contributed by atoms with Crippen molar-refractivity contribution in [2.75, 3.05) is 12.3 Å². The number of imide groups is 2. The summed E-state index contributed by atoms with van der Waals surface area (Å²) in [5.41, 5.74) is 6.05. The third kappa shape index (κ3) is 2.32. The molecular weight excluding hydrogens is 322 g/mol. The predicted molar refractivity (Wildman–Crippen MR) is 80.7 cm³/mol. The summed E-state index contributed by atoms with van der Waals surface area (Å²) in [4.78, 5) is 51.1. The number of hydrogen-bond donors (Lipinski definition) is 2. The Balaban J connectivity index is 1.90. The van der Waals surface area contributed by atoms with Gasteiger partial charge in [-0.25, -0.2) is 0 Å². The summed E-state index contributed by atoms with van der Waals surface area (Å²) in [5.74, 6) is -2.23. The molecule has 0 spiro atoms. The quantitative estimate of drug-likeness (QED) is 0.738. The molecule has 2 aliphatic heterocycles. The first kappa shape index (κ1) is 15.6. The first-order valence-corrected chi connectivity index (χ1v) is 7.98. The summed E-state index contributed by atoms with van der Waals surface area (Å²) in [7, 11) is 0. The smallest absolute Gasteiger partial charge is 0.265 e. The van der Waals surface area contributed by atoms with E-state index in [1.165, 1.54) is 12.3 Å². The molecule has 2 aliphatic rings. The number of nitrogens with two attached hydrogens (primary N) is 1. The maximum atomic E-state index is 12.5. The molecule has 0 saturated carbocycles. The molecule has 8 nitrogen and oxygen atoms in total. The van der Waals surface area contributed by atoms with Crippen LogP contribution in [0.3, 0.4) is 0 Å². The number of nitrogens with zero attached hydrogens (tertiary/aromatic N) is 2. The molecule has 1 aromatic heterocycles. The predicted octanol–water partition coefficient (Wildman–Crippen LogP) is -0.175. The van der Waals surface area contributed by atoms with Gasteiger partial charge in [0.1, 0.15) is 6.04 Å². The largest absolute Gasteiger partial charge is 0.392 e. The van der Waals surface area contributed by atoms with Crippen LogP contribution in [0.4, 0.5) is 5.00 Å². The highest BCUT2D eigenvalue weighted by atomic mass is 32.1. The second-order valence-electron chi connectivity index (χ2n) is 5.62. The number of rotatable bonds is 3. The van der Waals surface area contributed by atoms with Gasteiger partial charge in [-0.05, 0) is 13.3 Å². The van der Waals surface area contributed by atoms with Crippen molar-refractivity contribution >= 4 is 40.0 Å². The minimum atomic E-state index is -1.04. The number of nitrogen functional groups attached to an aromatic ring is 1. The van der Waals surface area contributed by atoms with Crippen molar-refractivity contribution in [3.63, 3.8) is 0 Å². The van der Waals surface area contributed by atoms with E-state index in [1.807, 2.05) is 0 Å². The molecule has 3 rings (SSSR count). The Hall–Kier alpha value is -2.26. The van der Waals surface area contributed by atoms with Crippen LogP contribution in [-0.2, 0) is 9.59 Å². The maximum absolute atomic E-state index is 12.5. The number of carbonyl (C=O) groups excluding carboxylic acids is 4. The lowest BCUT2D eigenvalue weighted by Crippen LogP contribution is -2.57. The first-order valence-electron chi connectivity index (χ1n) is 7.10. The number of hydrogen-bond acceptors (Lipinski definition) is 7. The highest BCUT2D eigenvalue weighted by Crippen LogP contribution is 2.35. The van der Waals surface area contributed by atoms with E-state index in [2.05, 4.69) is 0 Å². The molecule has 0 bridgehead atoms. The number of β-amino-alcohol motifs (C(OH)–C–C–N with tert-alkyl or cyclic N) is 1. The first-order chi connectivity index (χ1) is 10.8. The Labute approximate surface area is 135 Å². The van der Waals surface area contributed by atoms with Gasteiger partial charge in [-0.15, -0.1) is 11.3 Å². The second-order valence-corrected chi connectivity index (χ2v) is 6.53. The van der Waals surface area contributed by atoms with Gasteiger partial charge < -0.3 is 10.8 Å². The SMILES string of the molecule is CC(O)CN1C(=O)CCC(N2C(=O)c3csc(N)c3C2=O)C1=O. The van der Waals surface area contributed by atoms with Crippen LogP contribution in [0.5, 0.6) is 0 Å². The Morgan fingerprint density at radius 3 is 2.65 bits per heavy atom. The molecule has 3 N–H and O–H groups in total. The number of fused-ring (bicyclic) bond motifs is 1. The van der Waals surface area contributed by atoms with Gasteiger partial charge in [0.25, 0.3) is 17.7 Å². The fourth-order valence-electron chi connectivity index (χ4n) is 2.89. The van der Waals surface area contributed by atoms with E-state index in [4.69, 9.17) is 5.73 Å². The molecular formula is C14H15N3O5S. The van der Waals surface area contributed by atoms with Crippen LogP contribution in [0.25, 0.3) is 0 Å². The van der Waals surface area contributed by atoms with Crippen LogP contribution in [0, 0.1) is 0 Å². The van der Waals surface area contributed by atoms with Crippen molar-refractivity contribution in [3.8, 4) is 0 Å². The molecule has 2 atom stereocenters. The zero-order valence-electron chi connectivity index (χ0n) is 12.3. The molecule has 23 heavy (non-hydrogen) atoms. The van der Waals surface area contributed by atoms with Gasteiger partial charge in [0, 0.05) is 11.8 Å². The number of thiophene rings is 1. The minimum Gasteiger partial charge on any atom is -0.392 e. The molecule has 122 valence electrons. The van der Waals surface area contributed by atoms with E-state index in [1.54, 1.807) is 0 Å². The zero-order valence-corrected chi connectivity index (χ0v) is 13.1. The highest BCUT2D eigenvalue weighted by molar-refractivity contribution is 7.14. The van der Waals surface area contributed by atoms with Crippen LogP contribution in [0.1, 0.15) is 40.5 Å². The molecule has 2 unspecified atom stereocenters. The van der Waals surface area contributed by atoms with Crippen LogP contribution < -0.4 is 5.73 Å². The second kappa shape index (κ2) is 5.43. The Bertz CT molecular complexity index is 726. The molecule has 3 heterocycles. The van der Waals surface area contributed by atoms with Gasteiger partial charge in [-0.3, -0.25) is 29.0 Å². The van der Waals surface area contributed by atoms with Crippen LogP contribution in [-0.4, -0.2) is 57.2 Å². The van der Waals surface area contributed by atoms with Crippen molar-refractivity contribution in [2.24, 2.45) is 0 Å². The Morgan fingerprint density at radius 1 is 1.35 bits per heavy atom. The number of aliphatic hydroxyl groups is 1. The number of piperidine rings is 1. The third-order valence-electron chi connectivity index (χ3n) is 3.94. The van der Waals surface area contributed by atoms with E-state index in [0.717, 1.165) is 21.1 Å². The van der Waals surface area contributed by atoms with Gasteiger partial charge >= 0.3 is 0 Å². The molecule has 0 radical (unpaired) electrons. The van der Waals surface area contributed by atoms with E-state index < -0.39 is 35.8 Å². The van der Waals surface area contributed by atoms with Gasteiger partial charge in [-0.2, -0.15) is 0 Å². The summed E-state index contributed by atoms with van der Waals surface area (Å²) in [6.07, 6.45) is -0.773. The van der Waals surface area contributed by atoms with E-state index >= 15 is 0 Å². The van der Waals surface area contributed by atoms with E-state index in [9.17, 15) is 24.3 Å². The van der Waals surface area contributed by atoms with Gasteiger partial charge in [-0.1, -0.05) is 0 Å². The molecule has 0 aliphatic carbocycles. The van der Waals surface area contributed by atoms with Crippen molar-refractivity contribution in [1.82, 2.24) is 9.80 Å². The summed E-state index contributed by atoms with van der Waals surface area (Å²) in [6, 6.07) is -1.04. The summed E-state index contributed by atoms with van der Waals surface area (Å²) >= 11 is 1.10. The zero-order chi connectivity index (χ0) is 16.9. The summed E-state index contributed by atoms with van der Waals surface area (Å²) in [6.45, 7) is 1.29. The standard InChI is InChI=1S/C14H15N3O5S/c1-6(18)4-16-9(19)3-2-8(13(16)21)17-12(20)7-5-23-11(15)10(7)14(17)22/h5-6,8,18H,2-4,15H2,1H3. The molecule has 9 heteroatoms. The van der Waals surface area contributed by atoms with Crippen molar-refractivity contribution < 1.29 is 24.3 Å². The highest BCUT2D eigenvalue weighted by Gasteiger charge is 2.48. The topological polar surface area (TPSA) is 121 Å². The Morgan fingerprint density at radius 2 is 2.04 bits per heavy atom. The monoisotopic (exact) mass is 337 g/mol. The minimum absolute atomic E-state index is 0.0303. The normalized spacial score (nSPS) is 22.8. The molecule has 1 saturated heterocycles. The number of amides is 4. The Kier molecular flexibility index (Phi) is 3.69. The lowest BCUT2D eigenvalue weighted by molar-refractivity contribution is -0.153. The van der Waals surface area contributed by atoms with Gasteiger partial charge in [0.15, 0.2) is 0 Å². The van der Waals surface area contributed by atoms with Crippen molar-refractivity contribution in [3.05, 3.63) is 16.5 Å². The number of carbonyl (C=O) groups is 4. The summed E-state index contributed by atoms with van der Waals surface area (Å²) in [5, 5.41) is 11.2. The third-order valence-corrected chi connectivity index (χ3v) is 4.76. The average molecular weight is 337 g/mol. The lowest BCUT2D eigenvalue weighted by Gasteiger charge is -2.35. The van der Waals surface area contributed by atoms with Crippen LogP contribution >= 0.6 is 11.3 Å². The van der Waals surface area contributed by atoms with Crippen LogP contribution in [0.15, 0.2) is 5.38 Å². The lowest BCUT2D eigenvalue weighted by atomic mass is 10.0. The van der Waals surface area contributed by atoms with Gasteiger partial charge in [0.2, 0.25) is 5.91 Å². The fourth-order valence-corrected chi connectivity index (χ4v) is 3.67. The van der Waals surface area contributed by atoms with E-state index in [-0.39, 0.29) is 35.5 Å². The number of aliphatic hydroxyl groups excluding tert-OH is 1.